The lowest BCUT2D eigenvalue weighted by molar-refractivity contribution is 0.223. The van der Waals surface area contributed by atoms with Crippen LogP contribution >= 0.6 is 0 Å². The first kappa shape index (κ1) is 8.93. The molecule has 1 heteroatoms. The van der Waals surface area contributed by atoms with Crippen LogP contribution in [-0.4, -0.2) is 6.67 Å². The van der Waals surface area contributed by atoms with E-state index in [9.17, 15) is 4.39 Å². The molecule has 0 radical (unpaired) electrons. The van der Waals surface area contributed by atoms with Gasteiger partial charge in [0.25, 0.3) is 0 Å². The maximum atomic E-state index is 12.2. The molecular weight excluding hydrogens is 115 g/mol. The van der Waals surface area contributed by atoms with Crippen molar-refractivity contribution in [3.8, 4) is 0 Å². The molecule has 0 N–H and O–H groups in total. The molecule has 0 amide bonds. The Labute approximate surface area is 57.5 Å². The van der Waals surface area contributed by atoms with Gasteiger partial charge in [-0.1, -0.05) is 27.7 Å². The zero-order chi connectivity index (χ0) is 7.44. The number of rotatable bonds is 3. The van der Waals surface area contributed by atoms with Gasteiger partial charge in [0.05, 0.1) is 6.67 Å². The van der Waals surface area contributed by atoms with E-state index in [1.165, 1.54) is 0 Å². The maximum Gasteiger partial charge on any atom is 0.0927 e. The summed E-state index contributed by atoms with van der Waals surface area (Å²) in [5, 5.41) is 0. The number of alkyl halides is 1. The standard InChI is InChI=1S/C8H17F/c1-6(2)8(5-9)7(3)4/h6-8H,5H2,1-4H3. The van der Waals surface area contributed by atoms with Gasteiger partial charge in [-0.15, -0.1) is 0 Å². The van der Waals surface area contributed by atoms with Crippen LogP contribution in [0.5, 0.6) is 0 Å². The van der Waals surface area contributed by atoms with Crippen molar-refractivity contribution >= 4 is 0 Å². The summed E-state index contributed by atoms with van der Waals surface area (Å²) < 4.78 is 12.2. The first-order valence-electron chi connectivity index (χ1n) is 3.65. The highest BCUT2D eigenvalue weighted by Crippen LogP contribution is 2.20. The quantitative estimate of drug-likeness (QED) is 0.554. The van der Waals surface area contributed by atoms with Gasteiger partial charge in [-0.05, 0) is 17.8 Å². The number of hydrogen-bond donors (Lipinski definition) is 0. The molecule has 0 nitrogen and oxygen atoms in total. The van der Waals surface area contributed by atoms with E-state index in [-0.39, 0.29) is 12.6 Å². The van der Waals surface area contributed by atoms with Gasteiger partial charge < -0.3 is 0 Å². The van der Waals surface area contributed by atoms with Gasteiger partial charge in [-0.2, -0.15) is 0 Å². The molecule has 0 aliphatic carbocycles. The third-order valence-corrected chi connectivity index (χ3v) is 1.89. The Balaban J connectivity index is 3.68. The fraction of sp³-hybridized carbons (Fsp3) is 1.00. The first-order chi connectivity index (χ1) is 4.09. The van der Waals surface area contributed by atoms with E-state index in [2.05, 4.69) is 27.7 Å². The molecule has 0 unspecified atom stereocenters. The molecule has 0 saturated heterocycles. The Bertz CT molecular complexity index is 59.0. The number of hydrogen-bond acceptors (Lipinski definition) is 0. The van der Waals surface area contributed by atoms with Crippen LogP contribution in [0.4, 0.5) is 4.39 Å². The smallest absolute Gasteiger partial charge is 0.0927 e. The molecule has 9 heavy (non-hydrogen) atoms. The Morgan fingerprint density at radius 1 is 1.00 bits per heavy atom. The van der Waals surface area contributed by atoms with E-state index in [4.69, 9.17) is 0 Å². The summed E-state index contributed by atoms with van der Waals surface area (Å²) in [6.07, 6.45) is 0. The molecule has 0 aromatic carbocycles. The molecular formula is C8H17F. The van der Waals surface area contributed by atoms with Crippen LogP contribution in [0.3, 0.4) is 0 Å². The van der Waals surface area contributed by atoms with Crippen LogP contribution in [0.25, 0.3) is 0 Å². The summed E-state index contributed by atoms with van der Waals surface area (Å²) in [6.45, 7) is 8.12. The first-order valence-corrected chi connectivity index (χ1v) is 3.65. The fourth-order valence-corrected chi connectivity index (χ4v) is 1.13. The lowest BCUT2D eigenvalue weighted by Crippen LogP contribution is -2.17. The van der Waals surface area contributed by atoms with Gasteiger partial charge in [0.15, 0.2) is 0 Å². The summed E-state index contributed by atoms with van der Waals surface area (Å²) >= 11 is 0. The molecule has 0 aliphatic heterocycles. The van der Waals surface area contributed by atoms with E-state index < -0.39 is 0 Å². The zero-order valence-electron chi connectivity index (χ0n) is 6.82. The van der Waals surface area contributed by atoms with Crippen LogP contribution < -0.4 is 0 Å². The molecule has 0 aliphatic rings. The van der Waals surface area contributed by atoms with Crippen molar-refractivity contribution in [1.82, 2.24) is 0 Å². The Morgan fingerprint density at radius 2 is 1.33 bits per heavy atom. The lowest BCUT2D eigenvalue weighted by Gasteiger charge is -2.20. The Hall–Kier alpha value is -0.0700. The highest BCUT2D eigenvalue weighted by molar-refractivity contribution is 4.64. The molecule has 0 aromatic heterocycles. The summed E-state index contributed by atoms with van der Waals surface area (Å²) in [6, 6.07) is 0. The third-order valence-electron chi connectivity index (χ3n) is 1.89. The molecule has 0 bridgehead atoms. The number of halogens is 1. The molecule has 0 heterocycles. The zero-order valence-corrected chi connectivity index (χ0v) is 6.82. The van der Waals surface area contributed by atoms with E-state index in [1.54, 1.807) is 0 Å². The largest absolute Gasteiger partial charge is 0.251 e. The molecule has 56 valence electrons. The SMILES string of the molecule is CC(C)C(CF)C(C)C. The summed E-state index contributed by atoms with van der Waals surface area (Å²) in [5.74, 6) is 1.22. The molecule has 0 rings (SSSR count). The highest BCUT2D eigenvalue weighted by Gasteiger charge is 2.16. The van der Waals surface area contributed by atoms with Crippen molar-refractivity contribution in [2.75, 3.05) is 6.67 Å². The highest BCUT2D eigenvalue weighted by atomic mass is 19.1. The average molecular weight is 132 g/mol. The van der Waals surface area contributed by atoms with Crippen molar-refractivity contribution in [1.29, 1.82) is 0 Å². The van der Waals surface area contributed by atoms with Crippen molar-refractivity contribution in [2.45, 2.75) is 27.7 Å². The minimum atomic E-state index is -0.171. The van der Waals surface area contributed by atoms with Crippen LogP contribution in [0.1, 0.15) is 27.7 Å². The topological polar surface area (TPSA) is 0 Å². The third kappa shape index (κ3) is 2.83. The predicted octanol–water partition coefficient (Wildman–Crippen LogP) is 2.88. The van der Waals surface area contributed by atoms with Gasteiger partial charge in [-0.25, -0.2) is 0 Å². The normalized spacial score (nSPS) is 12.0. The van der Waals surface area contributed by atoms with E-state index in [0.29, 0.717) is 11.8 Å². The minimum absolute atomic E-state index is 0.171. The minimum Gasteiger partial charge on any atom is -0.251 e. The van der Waals surface area contributed by atoms with Crippen molar-refractivity contribution in [3.05, 3.63) is 0 Å². The van der Waals surface area contributed by atoms with Gasteiger partial charge in [0, 0.05) is 0 Å². The van der Waals surface area contributed by atoms with Crippen LogP contribution in [0.2, 0.25) is 0 Å². The maximum absolute atomic E-state index is 12.2. The lowest BCUT2D eigenvalue weighted by atomic mass is 9.87. The summed E-state index contributed by atoms with van der Waals surface area (Å²) in [5.41, 5.74) is 0. The summed E-state index contributed by atoms with van der Waals surface area (Å²) in [7, 11) is 0. The fourth-order valence-electron chi connectivity index (χ4n) is 1.13. The second-order valence-corrected chi connectivity index (χ2v) is 3.31. The van der Waals surface area contributed by atoms with E-state index in [0.717, 1.165) is 0 Å². The predicted molar refractivity (Wildman–Crippen MR) is 39.1 cm³/mol. The van der Waals surface area contributed by atoms with Gasteiger partial charge in [0.1, 0.15) is 0 Å². The van der Waals surface area contributed by atoms with Crippen molar-refractivity contribution in [3.63, 3.8) is 0 Å². The average Bonchev–Trinajstić information content (AvgIpc) is 1.64. The summed E-state index contributed by atoms with van der Waals surface area (Å²) in [4.78, 5) is 0. The van der Waals surface area contributed by atoms with Crippen molar-refractivity contribution < 1.29 is 4.39 Å². The molecule has 0 fully saturated rings. The molecule has 0 aromatic rings. The van der Waals surface area contributed by atoms with Crippen LogP contribution in [0.15, 0.2) is 0 Å². The molecule has 0 saturated carbocycles. The van der Waals surface area contributed by atoms with Gasteiger partial charge >= 0.3 is 0 Å². The van der Waals surface area contributed by atoms with Crippen LogP contribution in [0, 0.1) is 17.8 Å². The van der Waals surface area contributed by atoms with Gasteiger partial charge in [0.2, 0.25) is 0 Å². The Kier molecular flexibility index (Phi) is 3.83. The second kappa shape index (κ2) is 3.86. The van der Waals surface area contributed by atoms with E-state index in [1.807, 2.05) is 0 Å². The Morgan fingerprint density at radius 3 is 1.33 bits per heavy atom. The monoisotopic (exact) mass is 132 g/mol. The molecule has 0 atom stereocenters. The van der Waals surface area contributed by atoms with Crippen molar-refractivity contribution in [2.24, 2.45) is 17.8 Å². The van der Waals surface area contributed by atoms with Crippen LogP contribution in [-0.2, 0) is 0 Å². The second-order valence-electron chi connectivity index (χ2n) is 3.31. The van der Waals surface area contributed by atoms with Gasteiger partial charge in [-0.3, -0.25) is 4.39 Å². The molecule has 0 spiro atoms. The van der Waals surface area contributed by atoms with E-state index >= 15 is 0 Å².